The number of carbonyl (C=O) groups excluding carboxylic acids is 2. The number of benzene rings is 2. The minimum atomic E-state index is -0.298. The van der Waals surface area contributed by atoms with Gasteiger partial charge >= 0.3 is 0 Å². The van der Waals surface area contributed by atoms with Crippen molar-refractivity contribution in [1.82, 2.24) is 4.98 Å². The summed E-state index contributed by atoms with van der Waals surface area (Å²) in [7, 11) is 1.55. The molecule has 0 aliphatic carbocycles. The molecule has 0 radical (unpaired) electrons. The maximum absolute atomic E-state index is 12.6. The van der Waals surface area contributed by atoms with Crippen LogP contribution in [0.5, 0.6) is 5.75 Å². The molecule has 142 valence electrons. The molecule has 0 saturated carbocycles. The number of pyridine rings is 1. The molecule has 1 heterocycles. The van der Waals surface area contributed by atoms with Crippen LogP contribution in [0.4, 0.5) is 22.7 Å². The molecule has 0 aliphatic heterocycles. The predicted octanol–water partition coefficient (Wildman–Crippen LogP) is 4.04. The van der Waals surface area contributed by atoms with Gasteiger partial charge in [0.15, 0.2) is 0 Å². The zero-order valence-corrected chi connectivity index (χ0v) is 15.5. The van der Waals surface area contributed by atoms with Crippen molar-refractivity contribution in [2.45, 2.75) is 6.92 Å². The molecular formula is C21H20N4O3. The van der Waals surface area contributed by atoms with Crippen LogP contribution in [0.25, 0.3) is 0 Å². The van der Waals surface area contributed by atoms with Crippen LogP contribution in [-0.2, 0) is 4.79 Å². The van der Waals surface area contributed by atoms with E-state index in [0.29, 0.717) is 28.4 Å². The lowest BCUT2D eigenvalue weighted by Crippen LogP contribution is -2.13. The average molecular weight is 376 g/mol. The summed E-state index contributed by atoms with van der Waals surface area (Å²) >= 11 is 0. The first-order valence-corrected chi connectivity index (χ1v) is 8.59. The predicted molar refractivity (Wildman–Crippen MR) is 109 cm³/mol. The van der Waals surface area contributed by atoms with E-state index in [2.05, 4.69) is 20.9 Å². The molecule has 3 aromatic rings. The van der Waals surface area contributed by atoms with Crippen LogP contribution in [0, 0.1) is 0 Å². The van der Waals surface area contributed by atoms with Gasteiger partial charge in [0.05, 0.1) is 30.2 Å². The number of carbonyl (C=O) groups is 2. The van der Waals surface area contributed by atoms with Crippen molar-refractivity contribution in [2.75, 3.05) is 23.1 Å². The lowest BCUT2D eigenvalue weighted by Gasteiger charge is -2.11. The number of ether oxygens (including phenoxy) is 1. The Morgan fingerprint density at radius 1 is 0.893 bits per heavy atom. The molecule has 3 rings (SSSR count). The maximum atomic E-state index is 12.6. The second-order valence-corrected chi connectivity index (χ2v) is 6.00. The lowest BCUT2D eigenvalue weighted by atomic mass is 10.2. The number of anilines is 4. The number of para-hydroxylation sites is 2. The van der Waals surface area contributed by atoms with Gasteiger partial charge in [0, 0.05) is 24.5 Å². The van der Waals surface area contributed by atoms with E-state index in [1.807, 2.05) is 24.3 Å². The van der Waals surface area contributed by atoms with Crippen molar-refractivity contribution in [1.29, 1.82) is 0 Å². The Morgan fingerprint density at radius 2 is 1.68 bits per heavy atom. The van der Waals surface area contributed by atoms with Gasteiger partial charge in [0.1, 0.15) is 5.75 Å². The van der Waals surface area contributed by atoms with Crippen LogP contribution in [0.2, 0.25) is 0 Å². The van der Waals surface area contributed by atoms with E-state index in [0.717, 1.165) is 5.69 Å². The molecule has 0 aliphatic rings. The van der Waals surface area contributed by atoms with Crippen molar-refractivity contribution in [2.24, 2.45) is 0 Å². The topological polar surface area (TPSA) is 92.3 Å². The zero-order valence-electron chi connectivity index (χ0n) is 15.5. The van der Waals surface area contributed by atoms with Crippen molar-refractivity contribution in [3.8, 4) is 5.75 Å². The van der Waals surface area contributed by atoms with Gasteiger partial charge in [-0.1, -0.05) is 18.2 Å². The normalized spacial score (nSPS) is 10.1. The number of hydrogen-bond donors (Lipinski definition) is 3. The highest BCUT2D eigenvalue weighted by atomic mass is 16.5. The molecule has 28 heavy (non-hydrogen) atoms. The van der Waals surface area contributed by atoms with Crippen LogP contribution in [-0.4, -0.2) is 23.9 Å². The molecule has 0 bridgehead atoms. The molecule has 3 N–H and O–H groups in total. The zero-order chi connectivity index (χ0) is 19.9. The smallest absolute Gasteiger partial charge is 0.257 e. The van der Waals surface area contributed by atoms with Gasteiger partial charge in [-0.2, -0.15) is 0 Å². The third-order valence-electron chi connectivity index (χ3n) is 3.83. The summed E-state index contributed by atoms with van der Waals surface area (Å²) in [6, 6.07) is 16.1. The van der Waals surface area contributed by atoms with Gasteiger partial charge in [0.2, 0.25) is 5.91 Å². The Kier molecular flexibility index (Phi) is 5.86. The fourth-order valence-corrected chi connectivity index (χ4v) is 2.62. The standard InChI is InChI=1S/C21H20N4O3/c1-14(26)23-16-6-5-7-17(11-16)24-18-10-15(12-22-13-18)21(27)25-19-8-3-4-9-20(19)28-2/h3-13,24H,1-2H3,(H,23,26)(H,25,27). The van der Waals surface area contributed by atoms with Gasteiger partial charge in [-0.25, -0.2) is 0 Å². The molecule has 1 aromatic heterocycles. The monoisotopic (exact) mass is 376 g/mol. The van der Waals surface area contributed by atoms with Crippen molar-refractivity contribution >= 4 is 34.6 Å². The van der Waals surface area contributed by atoms with Gasteiger partial charge in [0.25, 0.3) is 5.91 Å². The number of nitrogens with one attached hydrogen (secondary N) is 3. The molecule has 0 spiro atoms. The van der Waals surface area contributed by atoms with Gasteiger partial charge in [-0.05, 0) is 36.4 Å². The Balaban J connectivity index is 1.75. The van der Waals surface area contributed by atoms with Crippen LogP contribution >= 0.6 is 0 Å². The summed E-state index contributed by atoms with van der Waals surface area (Å²) < 4.78 is 5.25. The van der Waals surface area contributed by atoms with Crippen LogP contribution in [0.15, 0.2) is 67.0 Å². The highest BCUT2D eigenvalue weighted by molar-refractivity contribution is 6.05. The third-order valence-corrected chi connectivity index (χ3v) is 3.83. The number of methoxy groups -OCH3 is 1. The summed E-state index contributed by atoms with van der Waals surface area (Å²) in [5.74, 6) is 0.134. The molecule has 0 unspecified atom stereocenters. The average Bonchev–Trinajstić information content (AvgIpc) is 2.68. The summed E-state index contributed by atoms with van der Waals surface area (Å²) in [4.78, 5) is 27.9. The Labute approximate surface area is 162 Å². The van der Waals surface area contributed by atoms with Crippen molar-refractivity contribution in [3.63, 3.8) is 0 Å². The lowest BCUT2D eigenvalue weighted by molar-refractivity contribution is -0.114. The fraction of sp³-hybridized carbons (Fsp3) is 0.0952. The quantitative estimate of drug-likeness (QED) is 0.604. The minimum Gasteiger partial charge on any atom is -0.495 e. The van der Waals surface area contributed by atoms with Crippen molar-refractivity contribution in [3.05, 3.63) is 72.6 Å². The summed E-state index contributed by atoms with van der Waals surface area (Å²) in [5.41, 5.74) is 3.06. The Morgan fingerprint density at radius 3 is 2.46 bits per heavy atom. The van der Waals surface area contributed by atoms with E-state index in [9.17, 15) is 9.59 Å². The number of hydrogen-bond acceptors (Lipinski definition) is 5. The first-order valence-electron chi connectivity index (χ1n) is 8.59. The molecule has 7 nitrogen and oxygen atoms in total. The number of aromatic nitrogens is 1. The third kappa shape index (κ3) is 4.85. The highest BCUT2D eigenvalue weighted by Gasteiger charge is 2.10. The molecule has 0 atom stereocenters. The summed E-state index contributed by atoms with van der Waals surface area (Å²) in [6.07, 6.45) is 3.11. The molecule has 2 aromatic carbocycles. The highest BCUT2D eigenvalue weighted by Crippen LogP contribution is 2.24. The first-order chi connectivity index (χ1) is 13.5. The largest absolute Gasteiger partial charge is 0.495 e. The molecule has 0 saturated heterocycles. The number of nitrogens with zero attached hydrogens (tertiary/aromatic N) is 1. The molecule has 0 fully saturated rings. The van der Waals surface area contributed by atoms with E-state index < -0.39 is 0 Å². The van der Waals surface area contributed by atoms with E-state index >= 15 is 0 Å². The Bertz CT molecular complexity index is 1000. The second kappa shape index (κ2) is 8.68. The Hall–Kier alpha value is -3.87. The maximum Gasteiger partial charge on any atom is 0.257 e. The van der Waals surface area contributed by atoms with Crippen LogP contribution < -0.4 is 20.7 Å². The fourth-order valence-electron chi connectivity index (χ4n) is 2.62. The SMILES string of the molecule is COc1ccccc1NC(=O)c1cncc(Nc2cccc(NC(C)=O)c2)c1. The molecule has 2 amide bonds. The number of amides is 2. The minimum absolute atomic E-state index is 0.145. The number of rotatable bonds is 6. The van der Waals surface area contributed by atoms with Crippen LogP contribution in [0.1, 0.15) is 17.3 Å². The van der Waals surface area contributed by atoms with E-state index in [1.54, 1.807) is 43.6 Å². The van der Waals surface area contributed by atoms with Crippen molar-refractivity contribution < 1.29 is 14.3 Å². The first kappa shape index (κ1) is 18.9. The van der Waals surface area contributed by atoms with Crippen LogP contribution in [0.3, 0.4) is 0 Å². The van der Waals surface area contributed by atoms with E-state index in [1.165, 1.54) is 13.1 Å². The van der Waals surface area contributed by atoms with Gasteiger partial charge < -0.3 is 20.7 Å². The van der Waals surface area contributed by atoms with E-state index in [4.69, 9.17) is 4.74 Å². The molecule has 7 heteroatoms. The summed E-state index contributed by atoms with van der Waals surface area (Å²) in [6.45, 7) is 1.45. The van der Waals surface area contributed by atoms with E-state index in [-0.39, 0.29) is 11.8 Å². The summed E-state index contributed by atoms with van der Waals surface area (Å²) in [5, 5.41) is 8.73. The van der Waals surface area contributed by atoms with Gasteiger partial charge in [-0.3, -0.25) is 14.6 Å². The van der Waals surface area contributed by atoms with Gasteiger partial charge in [-0.15, -0.1) is 0 Å². The second-order valence-electron chi connectivity index (χ2n) is 6.00. The molecular weight excluding hydrogens is 356 g/mol.